The van der Waals surface area contributed by atoms with Crippen LogP contribution in [0.5, 0.6) is 5.75 Å². The van der Waals surface area contributed by atoms with Crippen molar-refractivity contribution in [2.45, 2.75) is 39.8 Å². The van der Waals surface area contributed by atoms with Gasteiger partial charge >= 0.3 is 6.03 Å². The normalized spacial score (nSPS) is 11.7. The Morgan fingerprint density at radius 1 is 1.28 bits per heavy atom. The van der Waals surface area contributed by atoms with Crippen LogP contribution in [0.15, 0.2) is 35.1 Å². The maximum absolute atomic E-state index is 12.3. The minimum Gasteiger partial charge on any atom is -0.496 e. The van der Waals surface area contributed by atoms with Crippen LogP contribution < -0.4 is 20.9 Å². The van der Waals surface area contributed by atoms with Crippen LogP contribution in [0.1, 0.15) is 41.8 Å². The van der Waals surface area contributed by atoms with Gasteiger partial charge in [0.25, 0.3) is 5.56 Å². The molecule has 0 aliphatic heterocycles. The first-order chi connectivity index (χ1) is 12.0. The predicted molar refractivity (Wildman–Crippen MR) is 97.9 cm³/mol. The fraction of sp³-hybridized carbons (Fsp3) is 0.368. The van der Waals surface area contributed by atoms with Crippen LogP contribution in [0.3, 0.4) is 0 Å². The lowest BCUT2D eigenvalue weighted by molar-refractivity contribution is 0.236. The number of amides is 2. The molecule has 0 fully saturated rings. The third-order valence-electron chi connectivity index (χ3n) is 4.15. The van der Waals surface area contributed by atoms with E-state index in [4.69, 9.17) is 4.74 Å². The quantitative estimate of drug-likeness (QED) is 0.754. The monoisotopic (exact) mass is 343 g/mol. The standard InChI is InChI=1S/C19H25N3O3/c1-5-16(14-8-6-7-9-17(14)25-4)22-19(24)20-11-15-12(2)10-13(3)21-18(15)23/h6-10,16H,5,11H2,1-4H3,(H,21,23)(H2,20,22,24)/t16-/m1/s1. The van der Waals surface area contributed by atoms with Crippen LogP contribution >= 0.6 is 0 Å². The van der Waals surface area contributed by atoms with Crippen molar-refractivity contribution in [1.82, 2.24) is 15.6 Å². The molecule has 0 bridgehead atoms. The van der Waals surface area contributed by atoms with E-state index >= 15 is 0 Å². The fourth-order valence-electron chi connectivity index (χ4n) is 2.83. The van der Waals surface area contributed by atoms with Crippen LogP contribution in [0.2, 0.25) is 0 Å². The summed E-state index contributed by atoms with van der Waals surface area (Å²) in [4.78, 5) is 27.0. The van der Waals surface area contributed by atoms with Crippen molar-refractivity contribution in [1.29, 1.82) is 0 Å². The van der Waals surface area contributed by atoms with Gasteiger partial charge < -0.3 is 20.4 Å². The number of H-pyrrole nitrogens is 1. The van der Waals surface area contributed by atoms with Gasteiger partial charge in [-0.25, -0.2) is 4.79 Å². The Morgan fingerprint density at radius 3 is 2.64 bits per heavy atom. The third-order valence-corrected chi connectivity index (χ3v) is 4.15. The molecule has 6 nitrogen and oxygen atoms in total. The molecule has 0 saturated heterocycles. The van der Waals surface area contributed by atoms with Gasteiger partial charge in [0.2, 0.25) is 0 Å². The predicted octanol–water partition coefficient (Wildman–Crippen LogP) is 2.95. The highest BCUT2D eigenvalue weighted by Gasteiger charge is 2.16. The second-order valence-corrected chi connectivity index (χ2v) is 5.97. The van der Waals surface area contributed by atoms with E-state index < -0.39 is 0 Å². The van der Waals surface area contributed by atoms with Crippen molar-refractivity contribution in [3.63, 3.8) is 0 Å². The highest BCUT2D eigenvalue weighted by Crippen LogP contribution is 2.26. The molecule has 25 heavy (non-hydrogen) atoms. The molecule has 1 heterocycles. The zero-order valence-electron chi connectivity index (χ0n) is 15.1. The number of rotatable bonds is 6. The average Bonchev–Trinajstić information content (AvgIpc) is 2.58. The third kappa shape index (κ3) is 4.62. The van der Waals surface area contributed by atoms with Gasteiger partial charge in [0, 0.05) is 16.8 Å². The first-order valence-electron chi connectivity index (χ1n) is 8.33. The number of benzene rings is 1. The topological polar surface area (TPSA) is 83.2 Å². The van der Waals surface area contributed by atoms with E-state index in [0.717, 1.165) is 29.0 Å². The minimum absolute atomic E-state index is 0.172. The average molecular weight is 343 g/mol. The van der Waals surface area contributed by atoms with E-state index in [0.29, 0.717) is 5.56 Å². The number of carbonyl (C=O) groups is 1. The van der Waals surface area contributed by atoms with Crippen LogP contribution in [-0.4, -0.2) is 18.1 Å². The maximum atomic E-state index is 12.3. The van der Waals surface area contributed by atoms with E-state index in [1.807, 2.05) is 51.1 Å². The highest BCUT2D eigenvalue weighted by molar-refractivity contribution is 5.74. The lowest BCUT2D eigenvalue weighted by atomic mass is 10.0. The Kier molecular flexibility index (Phi) is 6.22. The van der Waals surface area contributed by atoms with E-state index in [1.54, 1.807) is 7.11 Å². The van der Waals surface area contributed by atoms with Crippen molar-refractivity contribution in [2.75, 3.05) is 7.11 Å². The van der Waals surface area contributed by atoms with Gasteiger partial charge in [-0.1, -0.05) is 25.1 Å². The minimum atomic E-state index is -0.322. The number of carbonyl (C=O) groups excluding carboxylic acids is 1. The van der Waals surface area contributed by atoms with Crippen molar-refractivity contribution in [3.8, 4) is 5.75 Å². The molecule has 0 spiro atoms. The number of nitrogens with one attached hydrogen (secondary N) is 3. The van der Waals surface area contributed by atoms with Crippen molar-refractivity contribution >= 4 is 6.03 Å². The van der Waals surface area contributed by atoms with Crippen molar-refractivity contribution in [3.05, 3.63) is 63.1 Å². The molecule has 1 aromatic carbocycles. The molecule has 0 aliphatic carbocycles. The number of hydrogen-bond donors (Lipinski definition) is 3. The number of aromatic amines is 1. The Hall–Kier alpha value is -2.76. The number of pyridine rings is 1. The summed E-state index contributed by atoms with van der Waals surface area (Å²) in [5.41, 5.74) is 2.98. The molecule has 3 N–H and O–H groups in total. The molecule has 1 aromatic heterocycles. The Bertz CT molecular complexity index is 799. The summed E-state index contributed by atoms with van der Waals surface area (Å²) in [6, 6.07) is 9.00. The molecule has 0 saturated carbocycles. The molecule has 134 valence electrons. The summed E-state index contributed by atoms with van der Waals surface area (Å²) in [5.74, 6) is 0.737. The zero-order valence-corrected chi connectivity index (χ0v) is 15.1. The number of aryl methyl sites for hydroxylation is 2. The second-order valence-electron chi connectivity index (χ2n) is 5.97. The van der Waals surface area contributed by atoms with Gasteiger partial charge in [-0.05, 0) is 38.0 Å². The van der Waals surface area contributed by atoms with Crippen LogP contribution in [0, 0.1) is 13.8 Å². The number of aromatic nitrogens is 1. The summed E-state index contributed by atoms with van der Waals surface area (Å²) >= 11 is 0. The van der Waals surface area contributed by atoms with Crippen LogP contribution in [-0.2, 0) is 6.54 Å². The van der Waals surface area contributed by atoms with Gasteiger partial charge in [-0.2, -0.15) is 0 Å². The van der Waals surface area contributed by atoms with E-state index in [2.05, 4.69) is 15.6 Å². The Labute approximate surface area is 147 Å². The number of para-hydroxylation sites is 1. The molecular formula is C19H25N3O3. The fourth-order valence-corrected chi connectivity index (χ4v) is 2.83. The SMILES string of the molecule is CC[C@@H](NC(=O)NCc1c(C)cc(C)[nH]c1=O)c1ccccc1OC. The summed E-state index contributed by atoms with van der Waals surface area (Å²) in [5, 5.41) is 5.70. The van der Waals surface area contributed by atoms with Gasteiger partial charge in [0.15, 0.2) is 0 Å². The largest absolute Gasteiger partial charge is 0.496 e. The number of hydrogen-bond acceptors (Lipinski definition) is 3. The lowest BCUT2D eigenvalue weighted by Crippen LogP contribution is -2.38. The molecule has 2 amide bonds. The van der Waals surface area contributed by atoms with E-state index in [1.165, 1.54) is 0 Å². The van der Waals surface area contributed by atoms with E-state index in [-0.39, 0.29) is 24.2 Å². The highest BCUT2D eigenvalue weighted by atomic mass is 16.5. The van der Waals surface area contributed by atoms with Gasteiger partial charge in [-0.3, -0.25) is 4.79 Å². The van der Waals surface area contributed by atoms with E-state index in [9.17, 15) is 9.59 Å². The van der Waals surface area contributed by atoms with Gasteiger partial charge in [0.05, 0.1) is 19.7 Å². The number of urea groups is 1. The molecule has 0 unspecified atom stereocenters. The molecule has 6 heteroatoms. The molecular weight excluding hydrogens is 318 g/mol. The number of ether oxygens (including phenoxy) is 1. The Balaban J connectivity index is 2.05. The maximum Gasteiger partial charge on any atom is 0.315 e. The molecule has 1 atom stereocenters. The first kappa shape index (κ1) is 18.6. The summed E-state index contributed by atoms with van der Waals surface area (Å²) < 4.78 is 5.36. The smallest absolute Gasteiger partial charge is 0.315 e. The number of methoxy groups -OCH3 is 1. The van der Waals surface area contributed by atoms with Crippen LogP contribution in [0.25, 0.3) is 0 Å². The van der Waals surface area contributed by atoms with Crippen molar-refractivity contribution < 1.29 is 9.53 Å². The molecule has 0 aliphatic rings. The molecule has 0 radical (unpaired) electrons. The zero-order chi connectivity index (χ0) is 18.4. The summed E-state index contributed by atoms with van der Waals surface area (Å²) in [6.45, 7) is 5.86. The second kappa shape index (κ2) is 8.37. The lowest BCUT2D eigenvalue weighted by Gasteiger charge is -2.20. The molecule has 2 aromatic rings. The Morgan fingerprint density at radius 2 is 2.00 bits per heavy atom. The first-order valence-corrected chi connectivity index (χ1v) is 8.33. The van der Waals surface area contributed by atoms with Crippen molar-refractivity contribution in [2.24, 2.45) is 0 Å². The summed E-state index contributed by atoms with van der Waals surface area (Å²) in [6.07, 6.45) is 0.720. The van der Waals surface area contributed by atoms with Gasteiger partial charge in [-0.15, -0.1) is 0 Å². The van der Waals surface area contributed by atoms with Crippen LogP contribution in [0.4, 0.5) is 4.79 Å². The summed E-state index contributed by atoms with van der Waals surface area (Å²) in [7, 11) is 1.61. The molecule has 2 rings (SSSR count). The van der Waals surface area contributed by atoms with Gasteiger partial charge in [0.1, 0.15) is 5.75 Å².